The number of hydrogen-bond acceptors (Lipinski definition) is 6. The highest BCUT2D eigenvalue weighted by atomic mass is 32.2. The summed E-state index contributed by atoms with van der Waals surface area (Å²) in [5.74, 6) is 0.0933. The maximum atomic E-state index is 13.1. The van der Waals surface area contributed by atoms with Crippen LogP contribution in [0.4, 0.5) is 4.39 Å². The molecule has 1 aliphatic rings. The Bertz CT molecular complexity index is 1040. The number of thioether (sulfide) groups is 1. The molecule has 3 aromatic rings. The molecular formula is C22H26FN5O2S. The molecule has 0 amide bonds. The summed E-state index contributed by atoms with van der Waals surface area (Å²) in [5, 5.41) is 12.5. The summed E-state index contributed by atoms with van der Waals surface area (Å²) in [6, 6.07) is 8.49. The Kier molecular flexibility index (Phi) is 6.82. The standard InChI is InChI=1S/C22H26FN5O2S/c1-15-12-20(16(2)27(15)10-9-17-5-7-18(23)8-6-17)21(29)14-31-22-24-25-26-28(22)13-19-4-3-11-30-19/h5-8,12,19H,3-4,9-11,13-14H2,1-2H3/t19-/m1/s1. The minimum absolute atomic E-state index is 0.0535. The van der Waals surface area contributed by atoms with Crippen molar-refractivity contribution < 1.29 is 13.9 Å². The van der Waals surface area contributed by atoms with Gasteiger partial charge in [0.05, 0.1) is 18.4 Å². The predicted octanol–water partition coefficient (Wildman–Crippen LogP) is 3.63. The Balaban J connectivity index is 1.37. The average Bonchev–Trinajstić information content (AvgIpc) is 3.49. The highest BCUT2D eigenvalue weighted by molar-refractivity contribution is 7.99. The second kappa shape index (κ2) is 9.74. The fourth-order valence-electron chi connectivity index (χ4n) is 3.92. The van der Waals surface area contributed by atoms with Gasteiger partial charge in [-0.25, -0.2) is 9.07 Å². The van der Waals surface area contributed by atoms with Crippen LogP contribution < -0.4 is 0 Å². The number of ketones is 1. The van der Waals surface area contributed by atoms with E-state index in [1.54, 1.807) is 16.8 Å². The molecule has 1 aliphatic heterocycles. The van der Waals surface area contributed by atoms with Crippen molar-refractivity contribution in [2.45, 2.75) is 57.5 Å². The third-order valence-electron chi connectivity index (χ3n) is 5.64. The minimum Gasteiger partial charge on any atom is -0.376 e. The second-order valence-corrected chi connectivity index (χ2v) is 8.75. The number of hydrogen-bond donors (Lipinski definition) is 0. The van der Waals surface area contributed by atoms with Crippen molar-refractivity contribution in [1.29, 1.82) is 0 Å². The summed E-state index contributed by atoms with van der Waals surface area (Å²) in [6.07, 6.45) is 2.98. The van der Waals surface area contributed by atoms with Gasteiger partial charge in [-0.1, -0.05) is 23.9 Å². The number of aromatic nitrogens is 5. The van der Waals surface area contributed by atoms with Crippen LogP contribution in [-0.4, -0.2) is 49.0 Å². The Hall–Kier alpha value is -2.52. The summed E-state index contributed by atoms with van der Waals surface area (Å²) < 4.78 is 22.6. The zero-order chi connectivity index (χ0) is 21.8. The molecule has 7 nitrogen and oxygen atoms in total. The van der Waals surface area contributed by atoms with Crippen molar-refractivity contribution in [3.05, 3.63) is 58.7 Å². The molecule has 0 aliphatic carbocycles. The maximum Gasteiger partial charge on any atom is 0.209 e. The van der Waals surface area contributed by atoms with Crippen LogP contribution in [0, 0.1) is 19.7 Å². The lowest BCUT2D eigenvalue weighted by molar-refractivity contribution is 0.0912. The van der Waals surface area contributed by atoms with Gasteiger partial charge in [-0.05, 0) is 67.3 Å². The first-order valence-corrected chi connectivity index (χ1v) is 11.4. The van der Waals surface area contributed by atoms with Crippen LogP contribution in [-0.2, 0) is 24.2 Å². The third-order valence-corrected chi connectivity index (χ3v) is 6.60. The van der Waals surface area contributed by atoms with Gasteiger partial charge in [0.25, 0.3) is 0 Å². The van der Waals surface area contributed by atoms with Gasteiger partial charge < -0.3 is 9.30 Å². The molecule has 31 heavy (non-hydrogen) atoms. The molecular weight excluding hydrogens is 417 g/mol. The molecule has 0 unspecified atom stereocenters. The first-order chi connectivity index (χ1) is 15.0. The lowest BCUT2D eigenvalue weighted by Gasteiger charge is -2.10. The van der Waals surface area contributed by atoms with E-state index in [9.17, 15) is 9.18 Å². The van der Waals surface area contributed by atoms with E-state index in [1.807, 2.05) is 19.9 Å². The Labute approximate surface area is 185 Å². The van der Waals surface area contributed by atoms with Crippen LogP contribution in [0.15, 0.2) is 35.5 Å². The van der Waals surface area contributed by atoms with Gasteiger partial charge in [-0.2, -0.15) is 0 Å². The van der Waals surface area contributed by atoms with E-state index in [1.165, 1.54) is 23.9 Å². The number of benzene rings is 1. The van der Waals surface area contributed by atoms with E-state index >= 15 is 0 Å². The van der Waals surface area contributed by atoms with Gasteiger partial charge in [0.1, 0.15) is 5.82 Å². The summed E-state index contributed by atoms with van der Waals surface area (Å²) >= 11 is 1.35. The van der Waals surface area contributed by atoms with Gasteiger partial charge in [-0.3, -0.25) is 4.79 Å². The van der Waals surface area contributed by atoms with Crippen molar-refractivity contribution in [2.75, 3.05) is 12.4 Å². The van der Waals surface area contributed by atoms with E-state index in [4.69, 9.17) is 4.74 Å². The lowest BCUT2D eigenvalue weighted by atomic mass is 10.1. The molecule has 164 valence electrons. The molecule has 0 spiro atoms. The molecule has 4 rings (SSSR count). The molecule has 1 aromatic carbocycles. The summed E-state index contributed by atoms with van der Waals surface area (Å²) in [4.78, 5) is 12.9. The summed E-state index contributed by atoms with van der Waals surface area (Å²) in [6.45, 7) is 6.11. The number of ether oxygens (including phenoxy) is 1. The molecule has 3 heterocycles. The number of aryl methyl sites for hydroxylation is 2. The van der Waals surface area contributed by atoms with Crippen LogP contribution in [0.5, 0.6) is 0 Å². The number of halogens is 1. The Morgan fingerprint density at radius 1 is 1.29 bits per heavy atom. The zero-order valence-corrected chi connectivity index (χ0v) is 18.6. The number of nitrogens with zero attached hydrogens (tertiary/aromatic N) is 5. The quantitative estimate of drug-likeness (QED) is 0.371. The second-order valence-electron chi connectivity index (χ2n) is 7.80. The largest absolute Gasteiger partial charge is 0.376 e. The number of rotatable bonds is 9. The molecule has 0 N–H and O–H groups in total. The van der Waals surface area contributed by atoms with Crippen molar-refractivity contribution in [2.24, 2.45) is 0 Å². The third kappa shape index (κ3) is 5.22. The molecule has 1 fully saturated rings. The highest BCUT2D eigenvalue weighted by Crippen LogP contribution is 2.22. The number of carbonyl (C=O) groups is 1. The first-order valence-electron chi connectivity index (χ1n) is 10.5. The van der Waals surface area contributed by atoms with E-state index in [-0.39, 0.29) is 23.5 Å². The van der Waals surface area contributed by atoms with E-state index in [0.29, 0.717) is 11.7 Å². The molecule has 0 radical (unpaired) electrons. The van der Waals surface area contributed by atoms with Gasteiger partial charge in [0.2, 0.25) is 5.16 Å². The maximum absolute atomic E-state index is 13.1. The van der Waals surface area contributed by atoms with Crippen molar-refractivity contribution in [3.63, 3.8) is 0 Å². The number of Topliss-reactive ketones (excluding diaryl/α,β-unsaturated/α-hetero) is 1. The van der Waals surface area contributed by atoms with Crippen LogP contribution >= 0.6 is 11.8 Å². The molecule has 0 bridgehead atoms. The first kappa shape index (κ1) is 21.7. The zero-order valence-electron chi connectivity index (χ0n) is 17.8. The van der Waals surface area contributed by atoms with Gasteiger partial charge >= 0.3 is 0 Å². The predicted molar refractivity (Wildman–Crippen MR) is 116 cm³/mol. The highest BCUT2D eigenvalue weighted by Gasteiger charge is 2.21. The SMILES string of the molecule is Cc1cc(C(=O)CSc2nnnn2C[C@H]2CCCO2)c(C)n1CCc1ccc(F)cc1. The topological polar surface area (TPSA) is 74.8 Å². The van der Waals surface area contributed by atoms with Crippen LogP contribution in [0.3, 0.4) is 0 Å². The van der Waals surface area contributed by atoms with Crippen LogP contribution in [0.25, 0.3) is 0 Å². The molecule has 1 atom stereocenters. The van der Waals surface area contributed by atoms with Gasteiger partial charge in [-0.15, -0.1) is 5.10 Å². The molecule has 9 heteroatoms. The Morgan fingerprint density at radius 2 is 2.10 bits per heavy atom. The smallest absolute Gasteiger partial charge is 0.209 e. The lowest BCUT2D eigenvalue weighted by Crippen LogP contribution is -2.17. The van der Waals surface area contributed by atoms with Crippen molar-refractivity contribution >= 4 is 17.5 Å². The van der Waals surface area contributed by atoms with Crippen molar-refractivity contribution in [3.8, 4) is 0 Å². The summed E-state index contributed by atoms with van der Waals surface area (Å²) in [5.41, 5.74) is 3.78. The van der Waals surface area contributed by atoms with Gasteiger partial charge in [0.15, 0.2) is 5.78 Å². The van der Waals surface area contributed by atoms with E-state index in [0.717, 1.165) is 54.9 Å². The van der Waals surface area contributed by atoms with Gasteiger partial charge in [0, 0.05) is 30.1 Å². The Morgan fingerprint density at radius 3 is 2.84 bits per heavy atom. The average molecular weight is 444 g/mol. The molecule has 2 aromatic heterocycles. The van der Waals surface area contributed by atoms with Crippen LogP contribution in [0.2, 0.25) is 0 Å². The fourth-order valence-corrected chi connectivity index (χ4v) is 4.69. The van der Waals surface area contributed by atoms with E-state index < -0.39 is 0 Å². The van der Waals surface area contributed by atoms with Crippen molar-refractivity contribution in [1.82, 2.24) is 24.8 Å². The van der Waals surface area contributed by atoms with E-state index in [2.05, 4.69) is 20.1 Å². The normalized spacial score (nSPS) is 16.2. The molecule has 1 saturated heterocycles. The molecule has 0 saturated carbocycles. The summed E-state index contributed by atoms with van der Waals surface area (Å²) in [7, 11) is 0. The number of tetrazole rings is 1. The number of carbonyl (C=O) groups excluding carboxylic acids is 1. The van der Waals surface area contributed by atoms with Crippen LogP contribution in [0.1, 0.15) is 40.2 Å². The fraction of sp³-hybridized carbons (Fsp3) is 0.455. The monoisotopic (exact) mass is 443 g/mol. The minimum atomic E-state index is -0.232.